The molecule has 2 amide bonds. The van der Waals surface area contributed by atoms with Gasteiger partial charge in [-0.2, -0.15) is 0 Å². The minimum Gasteiger partial charge on any atom is -0.448 e. The van der Waals surface area contributed by atoms with Crippen molar-refractivity contribution in [2.75, 3.05) is 19.7 Å². The lowest BCUT2D eigenvalue weighted by Crippen LogP contribution is -2.44. The van der Waals surface area contributed by atoms with Crippen molar-refractivity contribution in [2.24, 2.45) is 5.11 Å². The quantitative estimate of drug-likeness (QED) is 0.409. The summed E-state index contributed by atoms with van der Waals surface area (Å²) < 4.78 is 11.0. The van der Waals surface area contributed by atoms with Crippen molar-refractivity contribution in [1.82, 2.24) is 10.2 Å². The first-order valence-corrected chi connectivity index (χ1v) is 10.9. The molecule has 9 heteroatoms. The number of alkyl carbamates (subject to hydrolysis) is 1. The van der Waals surface area contributed by atoms with E-state index in [4.69, 9.17) is 15.0 Å². The zero-order valence-electron chi connectivity index (χ0n) is 18.9. The predicted molar refractivity (Wildman–Crippen MR) is 123 cm³/mol. The number of rotatable bonds is 4. The molecule has 1 aliphatic heterocycles. The number of carbonyl (C=O) groups excluding carboxylic acids is 2. The zero-order chi connectivity index (χ0) is 23.6. The maximum Gasteiger partial charge on any atom is 0.409 e. The Balaban J connectivity index is 1.42. The molecule has 0 bridgehead atoms. The third-order valence-electron chi connectivity index (χ3n) is 5.79. The SMILES string of the molecule is CC(C)(C)OC(=O)N[C@@H]1CN(C(=O)OCC2c3ccccc3-c3ccccc32)C[C@@H]1N=[N+]=[N-]. The van der Waals surface area contributed by atoms with Crippen LogP contribution in [0.1, 0.15) is 37.8 Å². The fraction of sp³-hybridized carbons (Fsp3) is 0.417. The summed E-state index contributed by atoms with van der Waals surface area (Å²) in [5, 5.41) is 6.45. The molecule has 2 atom stereocenters. The van der Waals surface area contributed by atoms with Gasteiger partial charge in [0.25, 0.3) is 0 Å². The Morgan fingerprint density at radius 2 is 1.70 bits per heavy atom. The number of nitrogens with one attached hydrogen (secondary N) is 1. The van der Waals surface area contributed by atoms with E-state index in [2.05, 4.69) is 39.6 Å². The van der Waals surface area contributed by atoms with Gasteiger partial charge in [-0.1, -0.05) is 53.6 Å². The molecule has 0 aromatic heterocycles. The lowest BCUT2D eigenvalue weighted by Gasteiger charge is -2.23. The van der Waals surface area contributed by atoms with E-state index in [1.54, 1.807) is 20.8 Å². The molecule has 1 fully saturated rings. The molecule has 4 rings (SSSR count). The number of hydrogen-bond acceptors (Lipinski definition) is 5. The molecule has 9 nitrogen and oxygen atoms in total. The van der Waals surface area contributed by atoms with E-state index in [9.17, 15) is 9.59 Å². The Hall–Kier alpha value is -3.71. The minimum atomic E-state index is -0.664. The third-order valence-corrected chi connectivity index (χ3v) is 5.79. The van der Waals surface area contributed by atoms with Crippen molar-refractivity contribution >= 4 is 12.2 Å². The number of amides is 2. The van der Waals surface area contributed by atoms with Gasteiger partial charge in [0.2, 0.25) is 0 Å². The van der Waals surface area contributed by atoms with Crippen LogP contribution in [-0.4, -0.2) is 54.5 Å². The largest absolute Gasteiger partial charge is 0.448 e. The highest BCUT2D eigenvalue weighted by atomic mass is 16.6. The summed E-state index contributed by atoms with van der Waals surface area (Å²) in [7, 11) is 0. The van der Waals surface area contributed by atoms with Crippen LogP contribution in [0.4, 0.5) is 9.59 Å². The average Bonchev–Trinajstić information content (AvgIpc) is 3.30. The van der Waals surface area contributed by atoms with E-state index in [-0.39, 0.29) is 25.6 Å². The van der Waals surface area contributed by atoms with Gasteiger partial charge in [0.05, 0.1) is 12.1 Å². The molecule has 0 unspecified atom stereocenters. The molecule has 1 N–H and O–H groups in total. The van der Waals surface area contributed by atoms with E-state index < -0.39 is 29.9 Å². The van der Waals surface area contributed by atoms with Crippen molar-refractivity contribution in [2.45, 2.75) is 44.4 Å². The molecule has 2 aliphatic rings. The van der Waals surface area contributed by atoms with Gasteiger partial charge >= 0.3 is 12.2 Å². The summed E-state index contributed by atoms with van der Waals surface area (Å²) in [6, 6.07) is 15.1. The third kappa shape index (κ3) is 4.88. The van der Waals surface area contributed by atoms with Crippen LogP contribution in [0.15, 0.2) is 53.6 Å². The Morgan fingerprint density at radius 3 is 2.27 bits per heavy atom. The number of carbonyl (C=O) groups is 2. The van der Waals surface area contributed by atoms with Crippen LogP contribution < -0.4 is 5.32 Å². The summed E-state index contributed by atoms with van der Waals surface area (Å²) in [6.07, 6.45) is -1.14. The van der Waals surface area contributed by atoms with Crippen molar-refractivity contribution in [3.8, 4) is 11.1 Å². The Bertz CT molecular complexity index is 1060. The smallest absolute Gasteiger partial charge is 0.409 e. The molecule has 0 radical (unpaired) electrons. The molecule has 0 saturated carbocycles. The lowest BCUT2D eigenvalue weighted by atomic mass is 9.98. The van der Waals surface area contributed by atoms with E-state index in [0.717, 1.165) is 22.3 Å². The highest BCUT2D eigenvalue weighted by Gasteiger charge is 2.38. The van der Waals surface area contributed by atoms with Gasteiger partial charge in [0.15, 0.2) is 0 Å². The summed E-state index contributed by atoms with van der Waals surface area (Å²) in [5.74, 6) is -0.0486. The zero-order valence-corrected chi connectivity index (χ0v) is 18.9. The molecule has 172 valence electrons. The number of hydrogen-bond donors (Lipinski definition) is 1. The van der Waals surface area contributed by atoms with Gasteiger partial charge in [-0.05, 0) is 48.6 Å². The molecule has 2 aromatic rings. The van der Waals surface area contributed by atoms with Crippen LogP contribution >= 0.6 is 0 Å². The number of likely N-dealkylation sites (tertiary alicyclic amines) is 1. The number of nitrogens with zero attached hydrogens (tertiary/aromatic N) is 4. The Labute approximate surface area is 192 Å². The van der Waals surface area contributed by atoms with Gasteiger partial charge in [-0.25, -0.2) is 9.59 Å². The van der Waals surface area contributed by atoms with Gasteiger partial charge in [0.1, 0.15) is 12.2 Å². The molecular weight excluding hydrogens is 422 g/mol. The first kappa shape index (κ1) is 22.5. The maximum atomic E-state index is 12.9. The summed E-state index contributed by atoms with van der Waals surface area (Å²) in [6.45, 7) is 5.79. The van der Waals surface area contributed by atoms with Crippen molar-refractivity contribution < 1.29 is 19.1 Å². The molecule has 0 spiro atoms. The number of ether oxygens (including phenoxy) is 2. The van der Waals surface area contributed by atoms with Crippen molar-refractivity contribution in [3.05, 3.63) is 70.1 Å². The maximum absolute atomic E-state index is 12.9. The number of benzene rings is 2. The van der Waals surface area contributed by atoms with Crippen LogP contribution in [0.25, 0.3) is 21.6 Å². The second kappa shape index (κ2) is 9.03. The second-order valence-electron chi connectivity index (χ2n) is 9.23. The fourth-order valence-corrected chi connectivity index (χ4v) is 4.41. The second-order valence-corrected chi connectivity index (χ2v) is 9.23. The Kier molecular flexibility index (Phi) is 6.16. The van der Waals surface area contributed by atoms with Crippen LogP contribution in [0, 0.1) is 0 Å². The Morgan fingerprint density at radius 1 is 1.09 bits per heavy atom. The molecule has 33 heavy (non-hydrogen) atoms. The van der Waals surface area contributed by atoms with E-state index >= 15 is 0 Å². The van der Waals surface area contributed by atoms with Crippen LogP contribution in [0.3, 0.4) is 0 Å². The summed E-state index contributed by atoms with van der Waals surface area (Å²) in [5.41, 5.74) is 12.8. The van der Waals surface area contributed by atoms with Crippen LogP contribution in [0.2, 0.25) is 0 Å². The highest BCUT2D eigenvalue weighted by molar-refractivity contribution is 5.79. The number of fused-ring (bicyclic) bond motifs is 3. The predicted octanol–water partition coefficient (Wildman–Crippen LogP) is 4.82. The normalized spacial score (nSPS) is 19.3. The molecule has 1 heterocycles. The van der Waals surface area contributed by atoms with Gasteiger partial charge < -0.3 is 19.7 Å². The van der Waals surface area contributed by atoms with Gasteiger partial charge in [-0.3, -0.25) is 0 Å². The molecule has 1 aliphatic carbocycles. The standard InChI is InChI=1S/C24H27N5O4/c1-24(2,3)33-22(30)26-20-12-29(13-21(20)27-28-25)23(31)32-14-19-17-10-6-4-8-15(17)16-9-5-7-11-18(16)19/h4-11,19-21H,12-14H2,1-3H3,(H,26,30)/t20-,21+/m1/s1. The molecule has 2 aromatic carbocycles. The highest BCUT2D eigenvalue weighted by Crippen LogP contribution is 2.44. The summed E-state index contributed by atoms with van der Waals surface area (Å²) in [4.78, 5) is 29.3. The van der Waals surface area contributed by atoms with Crippen molar-refractivity contribution in [1.29, 1.82) is 0 Å². The lowest BCUT2D eigenvalue weighted by molar-refractivity contribution is 0.0500. The topological polar surface area (TPSA) is 117 Å². The summed E-state index contributed by atoms with van der Waals surface area (Å²) >= 11 is 0. The fourth-order valence-electron chi connectivity index (χ4n) is 4.41. The first-order chi connectivity index (χ1) is 15.8. The number of azide groups is 1. The monoisotopic (exact) mass is 449 g/mol. The molecule has 1 saturated heterocycles. The average molecular weight is 450 g/mol. The molecular formula is C24H27N5O4. The van der Waals surface area contributed by atoms with E-state index in [1.165, 1.54) is 4.90 Å². The van der Waals surface area contributed by atoms with Crippen LogP contribution in [-0.2, 0) is 9.47 Å². The van der Waals surface area contributed by atoms with E-state index in [1.807, 2.05) is 24.3 Å². The van der Waals surface area contributed by atoms with Gasteiger partial charge in [0, 0.05) is 23.9 Å². The first-order valence-electron chi connectivity index (χ1n) is 10.9. The van der Waals surface area contributed by atoms with Crippen LogP contribution in [0.5, 0.6) is 0 Å². The van der Waals surface area contributed by atoms with Gasteiger partial charge in [-0.15, -0.1) is 0 Å². The van der Waals surface area contributed by atoms with E-state index in [0.29, 0.717) is 0 Å². The minimum absolute atomic E-state index is 0.0486. The van der Waals surface area contributed by atoms with Crippen molar-refractivity contribution in [3.63, 3.8) is 0 Å².